The lowest BCUT2D eigenvalue weighted by Crippen LogP contribution is -2.15. The molecule has 0 radical (unpaired) electrons. The third-order valence-electron chi connectivity index (χ3n) is 5.26. The van der Waals surface area contributed by atoms with E-state index in [0.29, 0.717) is 48.9 Å². The largest absolute Gasteiger partial charge is 0.493 e. The Kier molecular flexibility index (Phi) is 6.36. The lowest BCUT2D eigenvalue weighted by atomic mass is 10.2. The molecule has 1 amide bonds. The van der Waals surface area contributed by atoms with Gasteiger partial charge in [-0.3, -0.25) is 4.79 Å². The molecule has 7 nitrogen and oxygen atoms in total. The average molecular weight is 443 g/mol. The van der Waals surface area contributed by atoms with Gasteiger partial charge in [0.25, 0.3) is 5.91 Å². The molecule has 2 aromatic carbocycles. The van der Waals surface area contributed by atoms with Crippen LogP contribution in [0.4, 0.5) is 14.5 Å². The number of amides is 1. The van der Waals surface area contributed by atoms with Crippen LogP contribution in [-0.2, 0) is 17.6 Å². The number of carbonyl (C=O) groups excluding carboxylic acids is 1. The Balaban J connectivity index is 1.60. The van der Waals surface area contributed by atoms with Gasteiger partial charge in [0.05, 0.1) is 19.4 Å². The Bertz CT molecular complexity index is 1150. The van der Waals surface area contributed by atoms with Crippen LogP contribution in [0.2, 0.25) is 0 Å². The Labute approximate surface area is 183 Å². The van der Waals surface area contributed by atoms with Crippen molar-refractivity contribution in [3.63, 3.8) is 0 Å². The first-order chi connectivity index (χ1) is 15.5. The number of nitrogens with one attached hydrogen (secondary N) is 1. The summed E-state index contributed by atoms with van der Waals surface area (Å²) in [5, 5.41) is 7.27. The van der Waals surface area contributed by atoms with Crippen LogP contribution in [0.5, 0.6) is 11.5 Å². The van der Waals surface area contributed by atoms with E-state index >= 15 is 0 Å². The maximum Gasteiger partial charge on any atom is 0.276 e. The van der Waals surface area contributed by atoms with E-state index in [0.717, 1.165) is 29.8 Å². The third-order valence-corrected chi connectivity index (χ3v) is 5.26. The Morgan fingerprint density at radius 1 is 1.06 bits per heavy atom. The highest BCUT2D eigenvalue weighted by atomic mass is 19.2. The van der Waals surface area contributed by atoms with Crippen molar-refractivity contribution < 1.29 is 27.8 Å². The minimum atomic E-state index is -0.963. The fraction of sp³-hybridized carbons (Fsp3) is 0.304. The number of benzene rings is 2. The van der Waals surface area contributed by atoms with Crippen molar-refractivity contribution in [2.75, 3.05) is 32.8 Å². The van der Waals surface area contributed by atoms with Crippen molar-refractivity contribution in [2.24, 2.45) is 0 Å². The molecule has 0 atom stereocenters. The van der Waals surface area contributed by atoms with Gasteiger partial charge in [-0.2, -0.15) is 5.10 Å². The first-order valence-corrected chi connectivity index (χ1v) is 10.2. The summed E-state index contributed by atoms with van der Waals surface area (Å²) < 4.78 is 44.6. The lowest BCUT2D eigenvalue weighted by Gasteiger charge is -2.12. The molecule has 1 N–H and O–H groups in total. The number of methoxy groups -OCH3 is 2. The van der Waals surface area contributed by atoms with Crippen molar-refractivity contribution >= 4 is 11.6 Å². The van der Waals surface area contributed by atoms with Gasteiger partial charge < -0.3 is 19.5 Å². The molecule has 3 aromatic rings. The molecule has 0 aliphatic heterocycles. The van der Waals surface area contributed by atoms with Crippen molar-refractivity contribution in [3.8, 4) is 17.2 Å². The molecule has 32 heavy (non-hydrogen) atoms. The number of nitrogens with zero attached hydrogens (tertiary/aromatic N) is 2. The first-order valence-electron chi connectivity index (χ1n) is 10.2. The second kappa shape index (κ2) is 9.35. The van der Waals surface area contributed by atoms with Crippen LogP contribution in [-0.4, -0.2) is 43.1 Å². The molecule has 1 aliphatic carbocycles. The van der Waals surface area contributed by atoms with E-state index < -0.39 is 17.5 Å². The minimum absolute atomic E-state index is 0.264. The number of anilines is 1. The van der Waals surface area contributed by atoms with E-state index in [1.807, 2.05) is 0 Å². The van der Waals surface area contributed by atoms with Crippen molar-refractivity contribution in [1.82, 2.24) is 9.78 Å². The SMILES string of the molecule is COCCOc1cc(NC(=O)c2nn(-c3ccc(F)c(F)c3)c3c2CCC3)ccc1OC. The molecular weight excluding hydrogens is 420 g/mol. The fourth-order valence-electron chi connectivity index (χ4n) is 3.74. The fourth-order valence-corrected chi connectivity index (χ4v) is 3.74. The topological polar surface area (TPSA) is 74.6 Å². The summed E-state index contributed by atoms with van der Waals surface area (Å²) in [6, 6.07) is 8.64. The standard InChI is InChI=1S/C23H23F2N3O4/c1-30-10-11-32-21-12-14(6-9-20(21)31-2)26-23(29)22-16-4-3-5-19(16)28(27-22)15-7-8-17(24)18(25)13-15/h6-9,12-13H,3-5,10-11H2,1-2H3,(H,26,29). The van der Waals surface area contributed by atoms with Crippen molar-refractivity contribution in [3.05, 3.63) is 65.0 Å². The number of hydrogen-bond acceptors (Lipinski definition) is 5. The summed E-state index contributed by atoms with van der Waals surface area (Å²) in [4.78, 5) is 13.1. The molecule has 9 heteroatoms. The molecule has 1 aliphatic rings. The predicted molar refractivity (Wildman–Crippen MR) is 114 cm³/mol. The first kappa shape index (κ1) is 21.8. The molecule has 1 aromatic heterocycles. The summed E-state index contributed by atoms with van der Waals surface area (Å²) in [5.74, 6) is -1.28. The monoisotopic (exact) mass is 443 g/mol. The maximum atomic E-state index is 13.8. The molecule has 0 bridgehead atoms. The van der Waals surface area contributed by atoms with Crippen LogP contribution in [0.15, 0.2) is 36.4 Å². The van der Waals surface area contributed by atoms with Gasteiger partial charge in [0.15, 0.2) is 28.8 Å². The van der Waals surface area contributed by atoms with Crippen LogP contribution < -0.4 is 14.8 Å². The van der Waals surface area contributed by atoms with Crippen molar-refractivity contribution in [2.45, 2.75) is 19.3 Å². The number of hydrogen-bond donors (Lipinski definition) is 1. The van der Waals surface area contributed by atoms with E-state index in [4.69, 9.17) is 14.2 Å². The van der Waals surface area contributed by atoms with Crippen molar-refractivity contribution in [1.29, 1.82) is 0 Å². The number of aromatic nitrogens is 2. The number of ether oxygens (including phenoxy) is 3. The van der Waals surface area contributed by atoms with E-state index in [1.165, 1.54) is 17.9 Å². The number of carbonyl (C=O) groups is 1. The highest BCUT2D eigenvalue weighted by Gasteiger charge is 2.27. The van der Waals surface area contributed by atoms with Crippen LogP contribution >= 0.6 is 0 Å². The number of rotatable bonds is 8. The highest BCUT2D eigenvalue weighted by Crippen LogP contribution is 2.32. The summed E-state index contributed by atoms with van der Waals surface area (Å²) >= 11 is 0. The Hall–Kier alpha value is -3.46. The van der Waals surface area contributed by atoms with Crippen LogP contribution in [0.25, 0.3) is 5.69 Å². The van der Waals surface area contributed by atoms with Gasteiger partial charge in [0, 0.05) is 36.2 Å². The molecule has 168 valence electrons. The van der Waals surface area contributed by atoms with E-state index in [9.17, 15) is 13.6 Å². The molecule has 4 rings (SSSR count). The molecule has 0 unspecified atom stereocenters. The highest BCUT2D eigenvalue weighted by molar-refractivity contribution is 6.04. The predicted octanol–water partition coefficient (Wildman–Crippen LogP) is 3.93. The molecule has 0 fully saturated rings. The van der Waals surface area contributed by atoms with E-state index in [1.54, 1.807) is 25.3 Å². The van der Waals surface area contributed by atoms with E-state index in [-0.39, 0.29) is 5.69 Å². The normalized spacial score (nSPS) is 12.5. The zero-order valence-corrected chi connectivity index (χ0v) is 17.8. The second-order valence-corrected chi connectivity index (χ2v) is 7.30. The van der Waals surface area contributed by atoms with Gasteiger partial charge >= 0.3 is 0 Å². The van der Waals surface area contributed by atoms with Crippen LogP contribution in [0, 0.1) is 11.6 Å². The van der Waals surface area contributed by atoms with Crippen LogP contribution in [0.3, 0.4) is 0 Å². The summed E-state index contributed by atoms with van der Waals surface area (Å²) in [6.07, 6.45) is 2.25. The molecule has 0 saturated heterocycles. The molecular formula is C23H23F2N3O4. The van der Waals surface area contributed by atoms with Gasteiger partial charge in [-0.25, -0.2) is 13.5 Å². The van der Waals surface area contributed by atoms with Crippen LogP contribution in [0.1, 0.15) is 28.2 Å². The summed E-state index contributed by atoms with van der Waals surface area (Å²) in [6.45, 7) is 0.740. The minimum Gasteiger partial charge on any atom is -0.493 e. The maximum absolute atomic E-state index is 13.8. The average Bonchev–Trinajstić information content (AvgIpc) is 3.39. The van der Waals surface area contributed by atoms with Gasteiger partial charge in [-0.15, -0.1) is 0 Å². The lowest BCUT2D eigenvalue weighted by molar-refractivity contribution is 0.102. The number of halogens is 2. The molecule has 0 saturated carbocycles. The second-order valence-electron chi connectivity index (χ2n) is 7.30. The smallest absolute Gasteiger partial charge is 0.276 e. The summed E-state index contributed by atoms with van der Waals surface area (Å²) in [5.41, 5.74) is 2.80. The zero-order valence-electron chi connectivity index (χ0n) is 17.8. The van der Waals surface area contributed by atoms with Gasteiger partial charge in [-0.05, 0) is 43.5 Å². The van der Waals surface area contributed by atoms with E-state index in [2.05, 4.69) is 10.4 Å². The zero-order chi connectivity index (χ0) is 22.7. The van der Waals surface area contributed by atoms with Gasteiger partial charge in [0.1, 0.15) is 6.61 Å². The van der Waals surface area contributed by atoms with Gasteiger partial charge in [-0.1, -0.05) is 0 Å². The summed E-state index contributed by atoms with van der Waals surface area (Å²) in [7, 11) is 3.11. The third kappa shape index (κ3) is 4.29. The molecule has 0 spiro atoms. The Morgan fingerprint density at radius 2 is 1.91 bits per heavy atom. The molecule has 1 heterocycles. The quantitative estimate of drug-likeness (QED) is 0.534. The Morgan fingerprint density at radius 3 is 2.66 bits per heavy atom. The van der Waals surface area contributed by atoms with Gasteiger partial charge in [0.2, 0.25) is 0 Å². The number of fused-ring (bicyclic) bond motifs is 1.